The molecule has 0 aromatic carbocycles. The SMILES string of the molecule is [Sb].[Sb].[Se].[Se]=[Se]. The van der Waals surface area contributed by atoms with Gasteiger partial charge >= 0.3 is 27.3 Å². The first-order valence-electron chi connectivity index (χ1n) is 0.167. The second-order valence-corrected chi connectivity index (χ2v) is 0. The van der Waals surface area contributed by atoms with E-state index in [1.165, 1.54) is 0 Å². The van der Waals surface area contributed by atoms with Crippen molar-refractivity contribution in [3.63, 3.8) is 0 Å². The average molecular weight is 480 g/mol. The summed E-state index contributed by atoms with van der Waals surface area (Å²) in [7, 11) is 0. The fourth-order valence-corrected chi connectivity index (χ4v) is 0. The molecule has 0 fully saturated rings. The molecule has 0 unspecified atom stereocenters. The molecule has 0 saturated carbocycles. The Morgan fingerprint density at radius 3 is 0.800 bits per heavy atom. The zero-order valence-corrected chi connectivity index (χ0v) is 12.4. The first-order chi connectivity index (χ1) is 1.00. The van der Waals surface area contributed by atoms with Crippen LogP contribution in [-0.4, -0.2) is 93.2 Å². The Balaban J connectivity index is -0.00000000167. The second-order valence-electron chi connectivity index (χ2n) is 0. The van der Waals surface area contributed by atoms with E-state index in [9.17, 15) is 0 Å². The molecule has 5 heteroatoms. The van der Waals surface area contributed by atoms with Crippen molar-refractivity contribution in [2.45, 2.75) is 0 Å². The molecule has 0 atom stereocenters. The Labute approximate surface area is 91.5 Å². The predicted molar refractivity (Wildman–Crippen MR) is 28.8 cm³/mol. The van der Waals surface area contributed by atoms with Crippen LogP contribution >= 0.6 is 0 Å². The molecule has 0 saturated heterocycles. The number of hydrogen-bond acceptors (Lipinski definition) is 0. The molecule has 0 amide bonds. The molecule has 0 rings (SSSR count). The van der Waals surface area contributed by atoms with Gasteiger partial charge in [0.05, 0.1) is 0 Å². The van der Waals surface area contributed by atoms with Crippen LogP contribution in [-0.2, 0) is 0 Å². The summed E-state index contributed by atoms with van der Waals surface area (Å²) in [5.41, 5.74) is 0. The molecule has 0 aliphatic heterocycles. The van der Waals surface area contributed by atoms with E-state index in [0.29, 0.717) is 0 Å². The van der Waals surface area contributed by atoms with Gasteiger partial charge in [0.15, 0.2) is 0 Å². The van der Waals surface area contributed by atoms with Crippen LogP contribution in [0.1, 0.15) is 0 Å². The van der Waals surface area contributed by atoms with E-state index < -0.39 is 0 Å². The van der Waals surface area contributed by atoms with E-state index in [1.807, 2.05) is 0 Å². The second kappa shape index (κ2) is 27.1. The van der Waals surface area contributed by atoms with E-state index in [0.717, 1.165) is 0 Å². The molecular weight excluding hydrogens is 480 g/mol. The standard InChI is InChI=1S/2Sb.Se2.Se/c;;1-2;. The van der Waals surface area contributed by atoms with Gasteiger partial charge < -0.3 is 0 Å². The van der Waals surface area contributed by atoms with Crippen LogP contribution in [0.25, 0.3) is 0 Å². The summed E-state index contributed by atoms with van der Waals surface area (Å²) in [6, 6.07) is 0. The number of hydrogen-bond donors (Lipinski definition) is 0. The molecule has 0 bridgehead atoms. The van der Waals surface area contributed by atoms with Gasteiger partial charge in [0.2, 0.25) is 0 Å². The Morgan fingerprint density at radius 1 is 0.800 bits per heavy atom. The quantitative estimate of drug-likeness (QED) is 0.356. The zero-order chi connectivity index (χ0) is 2.00. The van der Waals surface area contributed by atoms with Gasteiger partial charge in [0.1, 0.15) is 0 Å². The maximum atomic E-state index is 2.50. The van der Waals surface area contributed by atoms with Gasteiger partial charge in [0.25, 0.3) is 0 Å². The molecule has 8 radical (unpaired) electrons. The van der Waals surface area contributed by atoms with Gasteiger partial charge in [-0.05, 0) is 0 Å². The van der Waals surface area contributed by atoms with Gasteiger partial charge in [-0.25, -0.2) is 0 Å². The normalized spacial score (nSPS) is 0.800. The van der Waals surface area contributed by atoms with Crippen LogP contribution in [0, 0.1) is 0 Å². The Hall–Kier alpha value is 3.19. The molecule has 0 heterocycles. The van der Waals surface area contributed by atoms with Crippen molar-refractivity contribution in [2.24, 2.45) is 0 Å². The first kappa shape index (κ1) is 24.1. The van der Waals surface area contributed by atoms with Crippen molar-refractivity contribution in [3.8, 4) is 0 Å². The third kappa shape index (κ3) is 19.0. The van der Waals surface area contributed by atoms with Crippen LogP contribution in [0.3, 0.4) is 0 Å². The molecule has 0 N–H and O–H groups in total. The van der Waals surface area contributed by atoms with E-state index in [2.05, 4.69) is 27.3 Å². The van der Waals surface area contributed by atoms with Gasteiger partial charge in [-0.3, -0.25) is 0 Å². The first-order valence-corrected chi connectivity index (χ1v) is 4.50. The van der Waals surface area contributed by atoms with Gasteiger partial charge in [0, 0.05) is 65.9 Å². The van der Waals surface area contributed by atoms with Crippen LogP contribution in [0.5, 0.6) is 0 Å². The summed E-state index contributed by atoms with van der Waals surface area (Å²) in [4.78, 5) is 0. The summed E-state index contributed by atoms with van der Waals surface area (Å²) in [5.74, 6) is 0. The van der Waals surface area contributed by atoms with Crippen LogP contribution in [0.4, 0.5) is 0 Å². The molecule has 0 nitrogen and oxygen atoms in total. The van der Waals surface area contributed by atoms with E-state index in [1.54, 1.807) is 0 Å². The van der Waals surface area contributed by atoms with Crippen molar-refractivity contribution in [2.75, 3.05) is 0 Å². The molecule has 0 aromatic heterocycles. The summed E-state index contributed by atoms with van der Waals surface area (Å²) < 4.78 is 0. The van der Waals surface area contributed by atoms with Crippen molar-refractivity contribution < 1.29 is 0 Å². The van der Waals surface area contributed by atoms with Crippen molar-refractivity contribution in [1.29, 1.82) is 0 Å². The minimum atomic E-state index is 0. The zero-order valence-electron chi connectivity index (χ0n) is 2.12. The number of rotatable bonds is 0. The molecular formula is Sb2Se3. The minimum absolute atomic E-state index is 0. The van der Waals surface area contributed by atoms with Gasteiger partial charge in [-0.1, -0.05) is 0 Å². The fourth-order valence-electron chi connectivity index (χ4n) is 0. The topological polar surface area (TPSA) is 0 Å². The van der Waals surface area contributed by atoms with Crippen LogP contribution in [0.2, 0.25) is 0 Å². The maximum absolute atomic E-state index is 2.50. The van der Waals surface area contributed by atoms with Gasteiger partial charge in [-0.15, -0.1) is 0 Å². The average Bonchev–Trinajstić information content (AvgIpc) is 1.00. The third-order valence-electron chi connectivity index (χ3n) is 0. The fraction of sp³-hybridized carbons (Fsp3) is 0. The van der Waals surface area contributed by atoms with Crippen molar-refractivity contribution >= 4 is 93.2 Å². The molecule has 0 spiro atoms. The van der Waals surface area contributed by atoms with Gasteiger partial charge in [-0.2, -0.15) is 0 Å². The summed E-state index contributed by atoms with van der Waals surface area (Å²) >= 11 is 5.00. The molecule has 28 valence electrons. The molecule has 0 aliphatic carbocycles. The van der Waals surface area contributed by atoms with E-state index in [4.69, 9.17) is 0 Å². The van der Waals surface area contributed by atoms with E-state index in [-0.39, 0.29) is 65.9 Å². The molecule has 0 aromatic rings. The third-order valence-corrected chi connectivity index (χ3v) is 0. The van der Waals surface area contributed by atoms with E-state index >= 15 is 0 Å². The summed E-state index contributed by atoms with van der Waals surface area (Å²) in [5, 5.41) is 0. The molecule has 0 aliphatic rings. The van der Waals surface area contributed by atoms with Crippen LogP contribution in [0.15, 0.2) is 0 Å². The Bertz CT molecular complexity index is 4.85. The predicted octanol–water partition coefficient (Wildman–Crippen LogP) is -1.90. The van der Waals surface area contributed by atoms with Crippen LogP contribution < -0.4 is 0 Å². The Kier molecular flexibility index (Phi) is 130. The monoisotopic (exact) mass is 482 g/mol. The summed E-state index contributed by atoms with van der Waals surface area (Å²) in [6.45, 7) is 0. The Morgan fingerprint density at radius 2 is 0.800 bits per heavy atom. The van der Waals surface area contributed by atoms with Crippen molar-refractivity contribution in [3.05, 3.63) is 0 Å². The summed E-state index contributed by atoms with van der Waals surface area (Å²) in [6.07, 6.45) is 0. The van der Waals surface area contributed by atoms with Crippen molar-refractivity contribution in [1.82, 2.24) is 0 Å². The molecule has 5 heavy (non-hydrogen) atoms.